The fourth-order valence-corrected chi connectivity index (χ4v) is 4.09. The number of nitrogens with one attached hydrogen (secondary N) is 2. The Morgan fingerprint density at radius 2 is 1.89 bits per heavy atom. The largest absolute Gasteiger partial charge is 0.346 e. The maximum absolute atomic E-state index is 14.5. The molecule has 1 fully saturated rings. The average molecular weight is 476 g/mol. The fraction of sp³-hybridized carbons (Fsp3) is 0.200. The molecule has 7 nitrogen and oxygen atoms in total. The number of imidazole rings is 1. The van der Waals surface area contributed by atoms with Gasteiger partial charge in [-0.3, -0.25) is 4.79 Å². The van der Waals surface area contributed by atoms with E-state index in [4.69, 9.17) is 0 Å². The molecule has 0 atom stereocenters. The summed E-state index contributed by atoms with van der Waals surface area (Å²) in [7, 11) is 0. The first-order valence-corrected chi connectivity index (χ1v) is 11.1. The minimum absolute atomic E-state index is 0.113. The highest BCUT2D eigenvalue weighted by atomic mass is 19.3. The number of rotatable bonds is 5. The van der Waals surface area contributed by atoms with E-state index in [-0.39, 0.29) is 22.9 Å². The molecule has 0 spiro atoms. The number of benzene rings is 2. The maximum Gasteiger partial charge on any atom is 0.291 e. The van der Waals surface area contributed by atoms with Crippen LogP contribution in [-0.4, -0.2) is 32.0 Å². The number of alkyl halides is 2. The van der Waals surface area contributed by atoms with Gasteiger partial charge in [0.25, 0.3) is 11.8 Å². The van der Waals surface area contributed by atoms with Gasteiger partial charge in [0.1, 0.15) is 0 Å². The summed E-state index contributed by atoms with van der Waals surface area (Å²) in [4.78, 5) is 24.7. The third-order valence-corrected chi connectivity index (χ3v) is 6.16. The van der Waals surface area contributed by atoms with E-state index < -0.39 is 29.8 Å². The minimum atomic E-state index is -3.23. The Labute approximate surface area is 198 Å². The van der Waals surface area contributed by atoms with Crippen molar-refractivity contribution in [3.05, 3.63) is 83.8 Å². The lowest BCUT2D eigenvalue weighted by Gasteiger charge is -2.26. The standard InChI is InChI=1S/C25H19F3N6O/c26-20-10-29-22(15-3-6-17(7-4-15)34-11-21(31-13-34)14-1-2-14)33-23(20)32-16-5-8-18-19(9-16)25(27,28)12-30-24(18)35/h3-11,13-14H,1-2,12H2,(H,30,35)(H,29,32,33). The van der Waals surface area contributed by atoms with Crippen LogP contribution in [0.2, 0.25) is 0 Å². The van der Waals surface area contributed by atoms with Crippen molar-refractivity contribution in [3.63, 3.8) is 0 Å². The van der Waals surface area contributed by atoms with E-state index in [9.17, 15) is 18.0 Å². The van der Waals surface area contributed by atoms with Crippen LogP contribution >= 0.6 is 0 Å². The van der Waals surface area contributed by atoms with Gasteiger partial charge in [-0.05, 0) is 55.3 Å². The lowest BCUT2D eigenvalue weighted by molar-refractivity contribution is -0.00832. The summed E-state index contributed by atoms with van der Waals surface area (Å²) in [5.41, 5.74) is 2.33. The number of carbonyl (C=O) groups excluding carboxylic acids is 1. The molecule has 35 heavy (non-hydrogen) atoms. The van der Waals surface area contributed by atoms with Crippen molar-refractivity contribution in [3.8, 4) is 17.1 Å². The molecule has 176 valence electrons. The Kier molecular flexibility index (Phi) is 4.84. The molecule has 4 aromatic rings. The lowest BCUT2D eigenvalue weighted by atomic mass is 9.96. The van der Waals surface area contributed by atoms with Gasteiger partial charge < -0.3 is 15.2 Å². The van der Waals surface area contributed by atoms with E-state index in [0.29, 0.717) is 11.5 Å². The van der Waals surface area contributed by atoms with Crippen LogP contribution in [0.1, 0.15) is 40.4 Å². The minimum Gasteiger partial charge on any atom is -0.346 e. The van der Waals surface area contributed by atoms with E-state index in [1.165, 1.54) is 25.0 Å². The number of hydrogen-bond donors (Lipinski definition) is 2. The van der Waals surface area contributed by atoms with Gasteiger partial charge in [-0.25, -0.2) is 19.3 Å². The Hall–Kier alpha value is -4.21. The highest BCUT2D eigenvalue weighted by Gasteiger charge is 2.40. The topological polar surface area (TPSA) is 84.7 Å². The van der Waals surface area contributed by atoms with Crippen molar-refractivity contribution in [1.29, 1.82) is 0 Å². The van der Waals surface area contributed by atoms with Gasteiger partial charge in [0, 0.05) is 40.2 Å². The highest BCUT2D eigenvalue weighted by Crippen LogP contribution is 2.39. The summed E-state index contributed by atoms with van der Waals surface area (Å²) in [5, 5.41) is 4.90. The van der Waals surface area contributed by atoms with Gasteiger partial charge in [-0.2, -0.15) is 8.78 Å². The van der Waals surface area contributed by atoms with Crippen LogP contribution in [-0.2, 0) is 5.92 Å². The van der Waals surface area contributed by atoms with Crippen LogP contribution in [0, 0.1) is 5.82 Å². The number of anilines is 2. The quantitative estimate of drug-likeness (QED) is 0.427. The molecule has 1 aliphatic carbocycles. The van der Waals surface area contributed by atoms with Gasteiger partial charge >= 0.3 is 0 Å². The monoisotopic (exact) mass is 476 g/mol. The fourth-order valence-electron chi connectivity index (χ4n) is 4.09. The third kappa shape index (κ3) is 4.01. The number of hydrogen-bond acceptors (Lipinski definition) is 5. The summed E-state index contributed by atoms with van der Waals surface area (Å²) in [5.74, 6) is -3.87. The molecule has 2 N–H and O–H groups in total. The molecule has 2 aromatic heterocycles. The van der Waals surface area contributed by atoms with Crippen LogP contribution in [0.4, 0.5) is 24.7 Å². The molecule has 3 heterocycles. The molecule has 1 aliphatic heterocycles. The second-order valence-electron chi connectivity index (χ2n) is 8.69. The zero-order chi connectivity index (χ0) is 24.2. The average Bonchev–Trinajstić information content (AvgIpc) is 3.60. The number of fused-ring (bicyclic) bond motifs is 1. The second-order valence-corrected chi connectivity index (χ2v) is 8.69. The van der Waals surface area contributed by atoms with Crippen molar-refractivity contribution in [2.75, 3.05) is 11.9 Å². The van der Waals surface area contributed by atoms with Crippen LogP contribution in [0.15, 0.2) is 61.2 Å². The summed E-state index contributed by atoms with van der Waals surface area (Å²) >= 11 is 0. The summed E-state index contributed by atoms with van der Waals surface area (Å²) in [6.07, 6.45) is 7.19. The van der Waals surface area contributed by atoms with E-state index in [2.05, 4.69) is 25.6 Å². The maximum atomic E-state index is 14.5. The second kappa shape index (κ2) is 7.93. The van der Waals surface area contributed by atoms with Crippen LogP contribution in [0.3, 0.4) is 0 Å². The Bertz CT molecular complexity index is 1450. The van der Waals surface area contributed by atoms with Gasteiger partial charge in [-0.15, -0.1) is 0 Å². The smallest absolute Gasteiger partial charge is 0.291 e. The zero-order valence-corrected chi connectivity index (χ0v) is 18.3. The number of carbonyl (C=O) groups is 1. The van der Waals surface area contributed by atoms with Crippen LogP contribution in [0.25, 0.3) is 17.1 Å². The molecule has 2 aliphatic rings. The Morgan fingerprint density at radius 3 is 2.66 bits per heavy atom. The molecule has 2 aromatic carbocycles. The molecule has 0 radical (unpaired) electrons. The van der Waals surface area contributed by atoms with Gasteiger partial charge in [0.2, 0.25) is 0 Å². The van der Waals surface area contributed by atoms with E-state index in [0.717, 1.165) is 23.6 Å². The Morgan fingerprint density at radius 1 is 1.09 bits per heavy atom. The summed E-state index contributed by atoms with van der Waals surface area (Å²) in [6.45, 7) is -0.786. The molecule has 0 saturated heterocycles. The van der Waals surface area contributed by atoms with Crippen molar-refractivity contribution in [2.24, 2.45) is 0 Å². The van der Waals surface area contributed by atoms with Crippen LogP contribution < -0.4 is 10.6 Å². The zero-order valence-electron chi connectivity index (χ0n) is 18.3. The SMILES string of the molecule is O=C1NCC(F)(F)c2cc(Nc3nc(-c4ccc(-n5cnc(C6CC6)c5)cc4)ncc3F)ccc21. The third-order valence-electron chi connectivity index (χ3n) is 6.16. The first-order chi connectivity index (χ1) is 16.9. The molecule has 6 rings (SSSR count). The van der Waals surface area contributed by atoms with Crippen molar-refractivity contribution >= 4 is 17.4 Å². The van der Waals surface area contributed by atoms with Gasteiger partial charge in [-0.1, -0.05) is 0 Å². The summed E-state index contributed by atoms with van der Waals surface area (Å²) < 4.78 is 45.0. The first-order valence-electron chi connectivity index (χ1n) is 11.1. The molecule has 1 amide bonds. The number of amides is 1. The van der Waals surface area contributed by atoms with Crippen molar-refractivity contribution in [2.45, 2.75) is 24.7 Å². The van der Waals surface area contributed by atoms with E-state index in [1.807, 2.05) is 35.0 Å². The lowest BCUT2D eigenvalue weighted by Crippen LogP contribution is -2.41. The number of nitrogens with zero attached hydrogens (tertiary/aromatic N) is 4. The first kappa shape index (κ1) is 21.3. The summed E-state index contributed by atoms with van der Waals surface area (Å²) in [6, 6.07) is 11.3. The molecular formula is C25H19F3N6O. The van der Waals surface area contributed by atoms with Gasteiger partial charge in [0.05, 0.1) is 24.8 Å². The molecule has 10 heteroatoms. The van der Waals surface area contributed by atoms with E-state index >= 15 is 0 Å². The number of halogens is 3. The normalized spacial score (nSPS) is 16.5. The van der Waals surface area contributed by atoms with E-state index in [1.54, 1.807) is 6.33 Å². The predicted octanol–water partition coefficient (Wildman–Crippen LogP) is 4.92. The van der Waals surface area contributed by atoms with Gasteiger partial charge in [0.15, 0.2) is 17.5 Å². The number of aromatic nitrogens is 4. The van der Waals surface area contributed by atoms with Crippen molar-refractivity contribution < 1.29 is 18.0 Å². The molecule has 0 bridgehead atoms. The molecular weight excluding hydrogens is 457 g/mol. The molecule has 0 unspecified atom stereocenters. The van der Waals surface area contributed by atoms with Crippen LogP contribution in [0.5, 0.6) is 0 Å². The highest BCUT2D eigenvalue weighted by molar-refractivity contribution is 5.97. The predicted molar refractivity (Wildman–Crippen MR) is 122 cm³/mol. The van der Waals surface area contributed by atoms with Crippen molar-refractivity contribution in [1.82, 2.24) is 24.8 Å². The molecule has 1 saturated carbocycles. The Balaban J connectivity index is 1.26.